The topological polar surface area (TPSA) is 96.7 Å². The van der Waals surface area contributed by atoms with Gasteiger partial charge in [-0.1, -0.05) is 62.1 Å². The first-order valence-electron chi connectivity index (χ1n) is 11.5. The van der Waals surface area contributed by atoms with Gasteiger partial charge < -0.3 is 10.2 Å². The van der Waals surface area contributed by atoms with Crippen molar-refractivity contribution in [3.05, 3.63) is 77.2 Å². The van der Waals surface area contributed by atoms with Crippen LogP contribution in [-0.2, 0) is 13.9 Å². The Bertz CT molecular complexity index is 1310. The third-order valence-electron chi connectivity index (χ3n) is 5.43. The molecule has 0 aliphatic rings. The molecule has 2 N–H and O–H groups in total. The SMILES string of the molecule is Cc1ccccc1-c1cc(-c2ccc(F)cc2)c(C#CCO[P+](=O)CC(O)CC(=O)O)c(C(C)C)n1. The number of rotatable bonds is 9. The molecule has 1 heterocycles. The number of nitrogens with zero attached hydrogens (tertiary/aromatic N) is 1. The number of pyridine rings is 1. The van der Waals surface area contributed by atoms with Crippen molar-refractivity contribution in [3.63, 3.8) is 0 Å². The maximum Gasteiger partial charge on any atom is 0.511 e. The summed E-state index contributed by atoms with van der Waals surface area (Å²) in [5, 5.41) is 18.3. The van der Waals surface area contributed by atoms with Crippen molar-refractivity contribution in [1.29, 1.82) is 0 Å². The van der Waals surface area contributed by atoms with E-state index in [4.69, 9.17) is 14.6 Å². The molecule has 0 radical (unpaired) electrons. The predicted octanol–water partition coefficient (Wildman–Crippen LogP) is 5.93. The molecule has 0 spiro atoms. The summed E-state index contributed by atoms with van der Waals surface area (Å²) in [5.74, 6) is 4.47. The fraction of sp³-hybridized carbons (Fsp3) is 0.286. The lowest BCUT2D eigenvalue weighted by Gasteiger charge is -2.16. The van der Waals surface area contributed by atoms with Crippen LogP contribution in [0.5, 0.6) is 0 Å². The van der Waals surface area contributed by atoms with Gasteiger partial charge in [0.15, 0.2) is 6.61 Å². The zero-order chi connectivity index (χ0) is 26.2. The number of carboxylic acid groups (broad SMARTS) is 1. The maximum atomic E-state index is 13.7. The van der Waals surface area contributed by atoms with Gasteiger partial charge in [-0.05, 0) is 46.7 Å². The number of aliphatic hydroxyl groups excluding tert-OH is 1. The van der Waals surface area contributed by atoms with Crippen LogP contribution >= 0.6 is 8.03 Å². The van der Waals surface area contributed by atoms with Crippen LogP contribution < -0.4 is 0 Å². The normalized spacial score (nSPS) is 12.1. The molecule has 3 rings (SSSR count). The Morgan fingerprint density at radius 1 is 1.14 bits per heavy atom. The number of carboxylic acids is 1. The molecule has 0 saturated heterocycles. The Balaban J connectivity index is 1.99. The van der Waals surface area contributed by atoms with Crippen molar-refractivity contribution in [2.45, 2.75) is 39.2 Å². The molecule has 2 aromatic carbocycles. The van der Waals surface area contributed by atoms with E-state index in [0.29, 0.717) is 5.56 Å². The fourth-order valence-corrected chi connectivity index (χ4v) is 4.48. The highest BCUT2D eigenvalue weighted by atomic mass is 31.1. The molecule has 186 valence electrons. The summed E-state index contributed by atoms with van der Waals surface area (Å²) in [6.07, 6.45) is -2.04. The number of hydrogen-bond acceptors (Lipinski definition) is 5. The summed E-state index contributed by atoms with van der Waals surface area (Å²) < 4.78 is 30.9. The monoisotopic (exact) mass is 508 g/mol. The quantitative estimate of drug-likeness (QED) is 0.275. The first-order chi connectivity index (χ1) is 17.2. The van der Waals surface area contributed by atoms with Crippen molar-refractivity contribution >= 4 is 14.0 Å². The first kappa shape index (κ1) is 27.2. The van der Waals surface area contributed by atoms with Crippen LogP contribution in [0.2, 0.25) is 0 Å². The van der Waals surface area contributed by atoms with Gasteiger partial charge in [-0.25, -0.2) is 4.39 Å². The highest BCUT2D eigenvalue weighted by Crippen LogP contribution is 2.34. The molecular weight excluding hydrogens is 480 g/mol. The number of halogens is 1. The predicted molar refractivity (Wildman–Crippen MR) is 137 cm³/mol. The Kier molecular flexibility index (Phi) is 9.44. The zero-order valence-corrected chi connectivity index (χ0v) is 21.3. The molecule has 2 unspecified atom stereocenters. The highest BCUT2D eigenvalue weighted by molar-refractivity contribution is 7.39. The number of aryl methyl sites for hydroxylation is 1. The third kappa shape index (κ3) is 7.29. The minimum absolute atomic E-state index is 0.0289. The summed E-state index contributed by atoms with van der Waals surface area (Å²) in [4.78, 5) is 15.6. The Morgan fingerprint density at radius 2 is 1.83 bits per heavy atom. The van der Waals surface area contributed by atoms with Crippen LogP contribution in [0.15, 0.2) is 54.6 Å². The Morgan fingerprint density at radius 3 is 2.47 bits per heavy atom. The second-order valence-electron chi connectivity index (χ2n) is 8.63. The third-order valence-corrected chi connectivity index (χ3v) is 6.57. The zero-order valence-electron chi connectivity index (χ0n) is 20.4. The van der Waals surface area contributed by atoms with Gasteiger partial charge in [0.25, 0.3) is 0 Å². The van der Waals surface area contributed by atoms with E-state index in [1.807, 2.05) is 51.1 Å². The van der Waals surface area contributed by atoms with Gasteiger partial charge in [0.1, 0.15) is 11.9 Å². The van der Waals surface area contributed by atoms with Gasteiger partial charge in [-0.3, -0.25) is 9.78 Å². The molecule has 1 aromatic heterocycles. The lowest BCUT2D eigenvalue weighted by atomic mass is 9.92. The van der Waals surface area contributed by atoms with Gasteiger partial charge in [0.2, 0.25) is 6.16 Å². The van der Waals surface area contributed by atoms with Gasteiger partial charge in [0, 0.05) is 11.1 Å². The van der Waals surface area contributed by atoms with Gasteiger partial charge in [-0.15, -0.1) is 4.52 Å². The molecule has 0 saturated carbocycles. The second-order valence-corrected chi connectivity index (χ2v) is 9.92. The van der Waals surface area contributed by atoms with Crippen molar-refractivity contribution in [3.8, 4) is 34.2 Å². The van der Waals surface area contributed by atoms with E-state index >= 15 is 0 Å². The second kappa shape index (κ2) is 12.5. The Labute approximate surface area is 211 Å². The van der Waals surface area contributed by atoms with E-state index in [1.54, 1.807) is 12.1 Å². The van der Waals surface area contributed by atoms with Crippen LogP contribution in [0.25, 0.3) is 22.4 Å². The summed E-state index contributed by atoms with van der Waals surface area (Å²) in [6, 6.07) is 16.1. The molecule has 0 fully saturated rings. The largest absolute Gasteiger partial charge is 0.511 e. The fourth-order valence-electron chi connectivity index (χ4n) is 3.69. The summed E-state index contributed by atoms with van der Waals surface area (Å²) in [6.45, 7) is 5.87. The van der Waals surface area contributed by atoms with Crippen molar-refractivity contribution < 1.29 is 28.5 Å². The molecular formula is C28H28FNO5P+. The van der Waals surface area contributed by atoms with Gasteiger partial charge >= 0.3 is 14.0 Å². The molecule has 6 nitrogen and oxygen atoms in total. The molecule has 0 aliphatic heterocycles. The van der Waals surface area contributed by atoms with Crippen LogP contribution in [0, 0.1) is 24.6 Å². The van der Waals surface area contributed by atoms with E-state index < -0.39 is 26.5 Å². The molecule has 2 atom stereocenters. The number of hydrogen-bond donors (Lipinski definition) is 2. The summed E-state index contributed by atoms with van der Waals surface area (Å²) >= 11 is 0. The van der Waals surface area contributed by atoms with Crippen molar-refractivity contribution in [1.82, 2.24) is 4.98 Å². The minimum atomic E-state index is -2.27. The Hall–Kier alpha value is -3.43. The number of benzene rings is 2. The smallest absolute Gasteiger partial charge is 0.481 e. The van der Waals surface area contributed by atoms with E-state index in [1.165, 1.54) is 12.1 Å². The first-order valence-corrected chi connectivity index (χ1v) is 12.8. The highest BCUT2D eigenvalue weighted by Gasteiger charge is 2.25. The lowest BCUT2D eigenvalue weighted by Crippen LogP contribution is -2.15. The standard InChI is InChI=1S/C28H27FNO5P/c1-18(2)28-24(9-6-14-35-36(34)17-22(31)15-27(32)33)25(20-10-12-21(29)13-11-20)16-26(30-28)23-8-5-4-7-19(23)3/h4-5,7-8,10-13,16,18,22,31H,14-15,17H2,1-3H3/p+1. The molecule has 8 heteroatoms. The van der Waals surface area contributed by atoms with Crippen LogP contribution in [-0.4, -0.2) is 40.0 Å². The van der Waals surface area contributed by atoms with E-state index in [9.17, 15) is 18.9 Å². The number of aromatic nitrogens is 1. The van der Waals surface area contributed by atoms with Crippen LogP contribution in [0.1, 0.15) is 43.0 Å². The van der Waals surface area contributed by atoms with Crippen LogP contribution in [0.3, 0.4) is 0 Å². The minimum Gasteiger partial charge on any atom is -0.481 e. The van der Waals surface area contributed by atoms with Crippen molar-refractivity contribution in [2.24, 2.45) is 0 Å². The van der Waals surface area contributed by atoms with E-state index in [0.717, 1.165) is 33.6 Å². The van der Waals surface area contributed by atoms with E-state index in [2.05, 4.69) is 11.8 Å². The maximum absolute atomic E-state index is 13.7. The number of carbonyl (C=O) groups is 1. The molecule has 0 bridgehead atoms. The molecule has 0 amide bonds. The molecule has 36 heavy (non-hydrogen) atoms. The van der Waals surface area contributed by atoms with Gasteiger partial charge in [0.05, 0.1) is 23.4 Å². The average molecular weight is 509 g/mol. The molecule has 3 aromatic rings. The number of aliphatic hydroxyl groups is 1. The summed E-state index contributed by atoms with van der Waals surface area (Å²) in [5.41, 5.74) is 5.86. The van der Waals surface area contributed by atoms with E-state index in [-0.39, 0.29) is 24.5 Å². The average Bonchev–Trinajstić information content (AvgIpc) is 2.81. The lowest BCUT2D eigenvalue weighted by molar-refractivity contribution is -0.138. The van der Waals surface area contributed by atoms with Crippen molar-refractivity contribution in [2.75, 3.05) is 12.8 Å². The number of aliphatic carboxylic acids is 1. The van der Waals surface area contributed by atoms with Gasteiger partial charge in [-0.2, -0.15) is 0 Å². The molecule has 0 aliphatic carbocycles. The summed E-state index contributed by atoms with van der Waals surface area (Å²) in [7, 11) is -2.27. The van der Waals surface area contributed by atoms with Crippen LogP contribution in [0.4, 0.5) is 4.39 Å².